The van der Waals surface area contributed by atoms with Crippen LogP contribution in [0.25, 0.3) is 0 Å². The molecule has 1 aliphatic carbocycles. The number of piperazine rings is 1. The second-order valence-electron chi connectivity index (χ2n) is 5.07. The fourth-order valence-electron chi connectivity index (χ4n) is 2.29. The van der Waals surface area contributed by atoms with Gasteiger partial charge in [-0.3, -0.25) is 14.9 Å². The van der Waals surface area contributed by atoms with Gasteiger partial charge >= 0.3 is 0 Å². The molecule has 1 unspecified atom stereocenters. The average molecular weight is 279 g/mol. The van der Waals surface area contributed by atoms with Crippen molar-refractivity contribution >= 4 is 23.2 Å². The predicted molar refractivity (Wildman–Crippen MR) is 72.7 cm³/mol. The highest BCUT2D eigenvalue weighted by atomic mass is 32.1. The van der Waals surface area contributed by atoms with Crippen molar-refractivity contribution in [3.8, 4) is 0 Å². The van der Waals surface area contributed by atoms with Crippen molar-refractivity contribution in [1.82, 2.24) is 15.5 Å². The lowest BCUT2D eigenvalue weighted by atomic mass is 10.2. The smallest absolute Gasteiger partial charge is 0.242 e. The molecule has 1 saturated heterocycles. The largest absolute Gasteiger partial charge is 0.353 e. The third-order valence-corrected chi connectivity index (χ3v) is 4.25. The normalized spacial score (nSPS) is 22.9. The molecule has 1 aliphatic heterocycles. The molecule has 0 aromatic carbocycles. The topological polar surface area (TPSA) is 61.4 Å². The molecule has 2 fully saturated rings. The molecule has 5 nitrogen and oxygen atoms in total. The van der Waals surface area contributed by atoms with E-state index in [1.807, 2.05) is 10.3 Å². The SMILES string of the molecule is O=C1CNC(C(=O)N(Cc2ccsc2)C2CC2)CN1. The summed E-state index contributed by atoms with van der Waals surface area (Å²) in [6, 6.07) is 2.16. The van der Waals surface area contributed by atoms with E-state index in [4.69, 9.17) is 0 Å². The van der Waals surface area contributed by atoms with E-state index in [-0.39, 0.29) is 24.4 Å². The molecule has 102 valence electrons. The van der Waals surface area contributed by atoms with Crippen molar-refractivity contribution in [2.24, 2.45) is 0 Å². The number of hydrogen-bond donors (Lipinski definition) is 2. The van der Waals surface area contributed by atoms with Gasteiger partial charge in [-0.15, -0.1) is 0 Å². The van der Waals surface area contributed by atoms with Crippen molar-refractivity contribution in [3.05, 3.63) is 22.4 Å². The molecular formula is C13H17N3O2S. The molecule has 2 aliphatic rings. The van der Waals surface area contributed by atoms with E-state index in [0.29, 0.717) is 19.1 Å². The van der Waals surface area contributed by atoms with Gasteiger partial charge in [0.15, 0.2) is 0 Å². The molecule has 0 bridgehead atoms. The van der Waals surface area contributed by atoms with Crippen LogP contribution >= 0.6 is 11.3 Å². The molecule has 2 amide bonds. The second kappa shape index (κ2) is 5.30. The highest BCUT2D eigenvalue weighted by Crippen LogP contribution is 2.29. The van der Waals surface area contributed by atoms with Gasteiger partial charge in [0.05, 0.1) is 6.54 Å². The molecule has 2 heterocycles. The first-order chi connectivity index (χ1) is 9.24. The molecule has 1 atom stereocenters. The zero-order valence-corrected chi connectivity index (χ0v) is 11.4. The van der Waals surface area contributed by atoms with Gasteiger partial charge in [0.1, 0.15) is 6.04 Å². The predicted octanol–water partition coefficient (Wildman–Crippen LogP) is 0.327. The van der Waals surface area contributed by atoms with Gasteiger partial charge in [-0.2, -0.15) is 11.3 Å². The Hall–Kier alpha value is -1.40. The molecule has 1 aromatic heterocycles. The first-order valence-electron chi connectivity index (χ1n) is 6.55. The van der Waals surface area contributed by atoms with Gasteiger partial charge in [-0.25, -0.2) is 0 Å². The molecule has 1 saturated carbocycles. The average Bonchev–Trinajstić information content (AvgIpc) is 3.13. The van der Waals surface area contributed by atoms with Crippen molar-refractivity contribution in [1.29, 1.82) is 0 Å². The first kappa shape index (κ1) is 12.6. The van der Waals surface area contributed by atoms with Crippen LogP contribution in [0.4, 0.5) is 0 Å². The summed E-state index contributed by atoms with van der Waals surface area (Å²) in [6.45, 7) is 1.30. The van der Waals surface area contributed by atoms with Gasteiger partial charge in [-0.1, -0.05) is 0 Å². The van der Waals surface area contributed by atoms with Crippen molar-refractivity contribution in [3.63, 3.8) is 0 Å². The number of thiophene rings is 1. The van der Waals surface area contributed by atoms with Crippen LogP contribution < -0.4 is 10.6 Å². The molecule has 0 radical (unpaired) electrons. The van der Waals surface area contributed by atoms with Crippen LogP contribution in [-0.2, 0) is 16.1 Å². The van der Waals surface area contributed by atoms with Crippen LogP contribution in [0.1, 0.15) is 18.4 Å². The molecule has 1 aromatic rings. The fraction of sp³-hybridized carbons (Fsp3) is 0.538. The van der Waals surface area contributed by atoms with E-state index in [0.717, 1.165) is 12.8 Å². The summed E-state index contributed by atoms with van der Waals surface area (Å²) in [6.07, 6.45) is 2.18. The summed E-state index contributed by atoms with van der Waals surface area (Å²) in [5.41, 5.74) is 1.19. The molecule has 2 N–H and O–H groups in total. The molecule has 6 heteroatoms. The molecule has 19 heavy (non-hydrogen) atoms. The van der Waals surface area contributed by atoms with Gasteiger partial charge in [0, 0.05) is 19.1 Å². The quantitative estimate of drug-likeness (QED) is 0.835. The highest BCUT2D eigenvalue weighted by Gasteiger charge is 2.36. The number of amides is 2. The minimum Gasteiger partial charge on any atom is -0.353 e. The standard InChI is InChI=1S/C13H17N3O2S/c17-12-6-14-11(5-15-12)13(18)16(10-1-2-10)7-9-3-4-19-8-9/h3-4,8,10-11,14H,1-2,5-7H2,(H,15,17). The van der Waals surface area contributed by atoms with E-state index in [1.54, 1.807) is 11.3 Å². The summed E-state index contributed by atoms with van der Waals surface area (Å²) in [7, 11) is 0. The monoisotopic (exact) mass is 279 g/mol. The number of nitrogens with one attached hydrogen (secondary N) is 2. The van der Waals surface area contributed by atoms with Crippen LogP contribution in [-0.4, -0.2) is 41.9 Å². The highest BCUT2D eigenvalue weighted by molar-refractivity contribution is 7.07. The Labute approximate surface area is 116 Å². The Kier molecular flexibility index (Phi) is 3.52. The number of nitrogens with zero attached hydrogens (tertiary/aromatic N) is 1. The van der Waals surface area contributed by atoms with Gasteiger partial charge < -0.3 is 10.2 Å². The van der Waals surface area contributed by atoms with Crippen LogP contribution in [0.2, 0.25) is 0 Å². The zero-order chi connectivity index (χ0) is 13.2. The van der Waals surface area contributed by atoms with Crippen LogP contribution in [0, 0.1) is 0 Å². The van der Waals surface area contributed by atoms with Gasteiger partial charge in [0.25, 0.3) is 0 Å². The lowest BCUT2D eigenvalue weighted by Gasteiger charge is -2.30. The minimum absolute atomic E-state index is 0.0418. The van der Waals surface area contributed by atoms with Crippen LogP contribution in [0.5, 0.6) is 0 Å². The molecular weight excluding hydrogens is 262 g/mol. The zero-order valence-electron chi connectivity index (χ0n) is 10.6. The summed E-state index contributed by atoms with van der Waals surface area (Å²) < 4.78 is 0. The van der Waals surface area contributed by atoms with E-state index < -0.39 is 0 Å². The second-order valence-corrected chi connectivity index (χ2v) is 5.85. The summed E-state index contributed by atoms with van der Waals surface area (Å²) in [4.78, 5) is 25.6. The van der Waals surface area contributed by atoms with Crippen LogP contribution in [0.3, 0.4) is 0 Å². The third kappa shape index (κ3) is 2.96. The number of carbonyl (C=O) groups excluding carboxylic acids is 2. The molecule has 0 spiro atoms. The number of hydrogen-bond acceptors (Lipinski definition) is 4. The fourth-order valence-corrected chi connectivity index (χ4v) is 2.95. The van der Waals surface area contributed by atoms with Crippen molar-refractivity contribution in [2.75, 3.05) is 13.1 Å². The van der Waals surface area contributed by atoms with E-state index in [2.05, 4.69) is 22.1 Å². The lowest BCUT2D eigenvalue weighted by Crippen LogP contribution is -2.58. The Morgan fingerprint density at radius 1 is 1.47 bits per heavy atom. The number of rotatable bonds is 4. The minimum atomic E-state index is -0.281. The summed E-state index contributed by atoms with van der Waals surface area (Å²) in [5, 5.41) is 9.86. The molecule has 3 rings (SSSR count). The summed E-state index contributed by atoms with van der Waals surface area (Å²) >= 11 is 1.65. The third-order valence-electron chi connectivity index (χ3n) is 3.51. The first-order valence-corrected chi connectivity index (χ1v) is 7.50. The van der Waals surface area contributed by atoms with E-state index in [9.17, 15) is 9.59 Å². The van der Waals surface area contributed by atoms with Crippen molar-refractivity contribution < 1.29 is 9.59 Å². The van der Waals surface area contributed by atoms with Gasteiger partial charge in [-0.05, 0) is 35.2 Å². The Balaban J connectivity index is 1.66. The maximum atomic E-state index is 12.5. The lowest BCUT2D eigenvalue weighted by molar-refractivity contribution is -0.136. The van der Waals surface area contributed by atoms with Crippen LogP contribution in [0.15, 0.2) is 16.8 Å². The Morgan fingerprint density at radius 2 is 2.32 bits per heavy atom. The van der Waals surface area contributed by atoms with E-state index >= 15 is 0 Å². The van der Waals surface area contributed by atoms with E-state index in [1.165, 1.54) is 5.56 Å². The summed E-state index contributed by atoms with van der Waals surface area (Å²) in [5.74, 6) is 0.0635. The van der Waals surface area contributed by atoms with Gasteiger partial charge in [0.2, 0.25) is 11.8 Å². The Bertz CT molecular complexity index is 460. The Morgan fingerprint density at radius 3 is 2.89 bits per heavy atom. The number of carbonyl (C=O) groups is 2. The maximum Gasteiger partial charge on any atom is 0.242 e. The maximum absolute atomic E-state index is 12.5. The van der Waals surface area contributed by atoms with Crippen molar-refractivity contribution in [2.45, 2.75) is 31.5 Å².